The van der Waals surface area contributed by atoms with Crippen molar-refractivity contribution in [2.45, 2.75) is 26.2 Å². The number of aromatic nitrogens is 2. The maximum atomic E-state index is 12.7. The standard InChI is InChI=1S/C16H16BrN3O/c1-10-9-15(19-11(2)18-10)14-7-8-20(16(14)21)13-5-3-12(17)4-6-13/h3-6,9,14H,7-8H2,1-2H3. The Labute approximate surface area is 132 Å². The van der Waals surface area contributed by atoms with Gasteiger partial charge in [-0.05, 0) is 50.6 Å². The first-order valence-corrected chi connectivity index (χ1v) is 7.73. The monoisotopic (exact) mass is 345 g/mol. The van der Waals surface area contributed by atoms with Gasteiger partial charge in [0.2, 0.25) is 5.91 Å². The van der Waals surface area contributed by atoms with E-state index in [4.69, 9.17) is 0 Å². The Morgan fingerprint density at radius 1 is 1.19 bits per heavy atom. The molecule has 1 aliphatic heterocycles. The van der Waals surface area contributed by atoms with Gasteiger partial charge in [0.05, 0.1) is 11.6 Å². The minimum atomic E-state index is -0.158. The molecular weight excluding hydrogens is 330 g/mol. The number of rotatable bonds is 2. The molecule has 1 amide bonds. The van der Waals surface area contributed by atoms with Gasteiger partial charge in [0, 0.05) is 22.4 Å². The zero-order chi connectivity index (χ0) is 15.0. The van der Waals surface area contributed by atoms with Gasteiger partial charge in [-0.1, -0.05) is 15.9 Å². The second-order valence-electron chi connectivity index (χ2n) is 5.29. The molecular formula is C16H16BrN3O. The van der Waals surface area contributed by atoms with Crippen LogP contribution in [0, 0.1) is 13.8 Å². The molecule has 0 radical (unpaired) electrons. The average Bonchev–Trinajstić information content (AvgIpc) is 2.80. The molecule has 1 atom stereocenters. The minimum absolute atomic E-state index is 0.120. The lowest BCUT2D eigenvalue weighted by Crippen LogP contribution is -2.26. The van der Waals surface area contributed by atoms with E-state index >= 15 is 0 Å². The van der Waals surface area contributed by atoms with Crippen molar-refractivity contribution in [3.8, 4) is 0 Å². The zero-order valence-electron chi connectivity index (χ0n) is 12.0. The number of hydrogen-bond acceptors (Lipinski definition) is 3. The van der Waals surface area contributed by atoms with E-state index in [2.05, 4.69) is 25.9 Å². The Balaban J connectivity index is 1.87. The summed E-state index contributed by atoms with van der Waals surface area (Å²) >= 11 is 3.41. The molecule has 21 heavy (non-hydrogen) atoms. The van der Waals surface area contributed by atoms with E-state index in [1.807, 2.05) is 49.1 Å². The van der Waals surface area contributed by atoms with Crippen LogP contribution in [0.1, 0.15) is 29.6 Å². The molecule has 2 heterocycles. The molecule has 1 aromatic heterocycles. The van der Waals surface area contributed by atoms with Crippen LogP contribution in [-0.2, 0) is 4.79 Å². The van der Waals surface area contributed by atoms with E-state index in [0.717, 1.165) is 40.3 Å². The van der Waals surface area contributed by atoms with Gasteiger partial charge in [-0.15, -0.1) is 0 Å². The molecule has 0 aliphatic carbocycles. The van der Waals surface area contributed by atoms with Crippen molar-refractivity contribution in [3.05, 3.63) is 52.0 Å². The fourth-order valence-electron chi connectivity index (χ4n) is 2.76. The summed E-state index contributed by atoms with van der Waals surface area (Å²) in [6, 6.07) is 9.74. The van der Waals surface area contributed by atoms with Gasteiger partial charge >= 0.3 is 0 Å². The molecule has 1 saturated heterocycles. The summed E-state index contributed by atoms with van der Waals surface area (Å²) in [6.45, 7) is 4.53. The van der Waals surface area contributed by atoms with Crippen LogP contribution in [0.15, 0.2) is 34.8 Å². The van der Waals surface area contributed by atoms with Gasteiger partial charge in [-0.3, -0.25) is 4.79 Å². The van der Waals surface area contributed by atoms with Crippen molar-refractivity contribution < 1.29 is 4.79 Å². The Kier molecular flexibility index (Phi) is 3.76. The van der Waals surface area contributed by atoms with Crippen LogP contribution < -0.4 is 4.90 Å². The van der Waals surface area contributed by atoms with Gasteiger partial charge in [-0.25, -0.2) is 9.97 Å². The third kappa shape index (κ3) is 2.83. The quantitative estimate of drug-likeness (QED) is 0.838. The number of hydrogen-bond donors (Lipinski definition) is 0. The fraction of sp³-hybridized carbons (Fsp3) is 0.312. The van der Waals surface area contributed by atoms with Crippen LogP contribution in [0.4, 0.5) is 5.69 Å². The van der Waals surface area contributed by atoms with Crippen LogP contribution in [0.5, 0.6) is 0 Å². The Morgan fingerprint density at radius 3 is 2.57 bits per heavy atom. The zero-order valence-corrected chi connectivity index (χ0v) is 13.6. The highest BCUT2D eigenvalue weighted by atomic mass is 79.9. The topological polar surface area (TPSA) is 46.1 Å². The summed E-state index contributed by atoms with van der Waals surface area (Å²) in [6.07, 6.45) is 0.796. The number of benzene rings is 1. The van der Waals surface area contributed by atoms with E-state index in [1.54, 1.807) is 0 Å². The number of carbonyl (C=O) groups excluding carboxylic acids is 1. The second kappa shape index (κ2) is 5.56. The second-order valence-corrected chi connectivity index (χ2v) is 6.20. The number of anilines is 1. The van der Waals surface area contributed by atoms with Crippen molar-refractivity contribution in [1.82, 2.24) is 9.97 Å². The average molecular weight is 346 g/mol. The minimum Gasteiger partial charge on any atom is -0.312 e. The molecule has 108 valence electrons. The van der Waals surface area contributed by atoms with Crippen molar-refractivity contribution in [3.63, 3.8) is 0 Å². The number of aryl methyl sites for hydroxylation is 2. The van der Waals surface area contributed by atoms with Gasteiger partial charge in [0.15, 0.2) is 0 Å². The molecule has 1 aromatic carbocycles. The lowest BCUT2D eigenvalue weighted by Gasteiger charge is -2.17. The lowest BCUT2D eigenvalue weighted by atomic mass is 10.0. The van der Waals surface area contributed by atoms with Crippen LogP contribution in [-0.4, -0.2) is 22.4 Å². The summed E-state index contributed by atoms with van der Waals surface area (Å²) in [5.74, 6) is 0.684. The summed E-state index contributed by atoms with van der Waals surface area (Å²) in [5, 5.41) is 0. The summed E-state index contributed by atoms with van der Waals surface area (Å²) in [4.78, 5) is 23.2. The van der Waals surface area contributed by atoms with Crippen molar-refractivity contribution in [1.29, 1.82) is 0 Å². The number of nitrogens with zero attached hydrogens (tertiary/aromatic N) is 3. The Hall–Kier alpha value is -1.75. The van der Waals surface area contributed by atoms with Crippen molar-refractivity contribution >= 4 is 27.5 Å². The fourth-order valence-corrected chi connectivity index (χ4v) is 3.02. The predicted molar refractivity (Wildman–Crippen MR) is 85.4 cm³/mol. The first kappa shape index (κ1) is 14.2. The number of halogens is 1. The Morgan fingerprint density at radius 2 is 1.90 bits per heavy atom. The van der Waals surface area contributed by atoms with E-state index in [-0.39, 0.29) is 11.8 Å². The van der Waals surface area contributed by atoms with E-state index in [9.17, 15) is 4.79 Å². The summed E-state index contributed by atoms with van der Waals surface area (Å²) in [5.41, 5.74) is 2.69. The number of amides is 1. The molecule has 1 aliphatic rings. The SMILES string of the molecule is Cc1cc(C2CCN(c3ccc(Br)cc3)C2=O)nc(C)n1. The van der Waals surface area contributed by atoms with Gasteiger partial charge < -0.3 is 4.90 Å². The van der Waals surface area contributed by atoms with E-state index in [0.29, 0.717) is 0 Å². The van der Waals surface area contributed by atoms with Gasteiger partial charge in [0.1, 0.15) is 5.82 Å². The van der Waals surface area contributed by atoms with Crippen molar-refractivity contribution in [2.75, 3.05) is 11.4 Å². The number of carbonyl (C=O) groups is 1. The van der Waals surface area contributed by atoms with Crippen LogP contribution in [0.25, 0.3) is 0 Å². The lowest BCUT2D eigenvalue weighted by molar-refractivity contribution is -0.118. The molecule has 1 fully saturated rings. The molecule has 0 spiro atoms. The van der Waals surface area contributed by atoms with Gasteiger partial charge in [0.25, 0.3) is 0 Å². The molecule has 0 saturated carbocycles. The highest BCUT2D eigenvalue weighted by molar-refractivity contribution is 9.10. The third-order valence-electron chi connectivity index (χ3n) is 3.69. The molecule has 0 bridgehead atoms. The smallest absolute Gasteiger partial charge is 0.236 e. The molecule has 5 heteroatoms. The first-order chi connectivity index (χ1) is 10.0. The molecule has 1 unspecified atom stereocenters. The predicted octanol–water partition coefficient (Wildman–Crippen LogP) is 3.38. The normalized spacial score (nSPS) is 18.3. The summed E-state index contributed by atoms with van der Waals surface area (Å²) < 4.78 is 1.01. The third-order valence-corrected chi connectivity index (χ3v) is 4.22. The van der Waals surface area contributed by atoms with E-state index < -0.39 is 0 Å². The molecule has 2 aromatic rings. The largest absolute Gasteiger partial charge is 0.312 e. The first-order valence-electron chi connectivity index (χ1n) is 6.94. The summed E-state index contributed by atoms with van der Waals surface area (Å²) in [7, 11) is 0. The maximum absolute atomic E-state index is 12.7. The van der Waals surface area contributed by atoms with Gasteiger partial charge in [-0.2, -0.15) is 0 Å². The Bertz CT molecular complexity index is 664. The molecule has 0 N–H and O–H groups in total. The van der Waals surface area contributed by atoms with E-state index in [1.165, 1.54) is 0 Å². The molecule has 4 nitrogen and oxygen atoms in total. The van der Waals surface area contributed by atoms with Crippen molar-refractivity contribution in [2.24, 2.45) is 0 Å². The maximum Gasteiger partial charge on any atom is 0.236 e. The molecule has 3 rings (SSSR count). The van der Waals surface area contributed by atoms with Crippen LogP contribution in [0.3, 0.4) is 0 Å². The van der Waals surface area contributed by atoms with Crippen LogP contribution in [0.2, 0.25) is 0 Å². The highest BCUT2D eigenvalue weighted by Crippen LogP contribution is 2.32. The highest BCUT2D eigenvalue weighted by Gasteiger charge is 2.34. The van der Waals surface area contributed by atoms with Crippen LogP contribution >= 0.6 is 15.9 Å².